The minimum atomic E-state index is -1.09. The van der Waals surface area contributed by atoms with E-state index in [2.05, 4.69) is 15.3 Å². The molecule has 3 aliphatic rings. The molecule has 0 spiro atoms. The van der Waals surface area contributed by atoms with Crippen LogP contribution in [0, 0.1) is 24.6 Å². The van der Waals surface area contributed by atoms with Crippen LogP contribution in [-0.2, 0) is 11.2 Å². The fraction of sp³-hybridized carbons (Fsp3) is 0.480. The van der Waals surface area contributed by atoms with E-state index in [0.29, 0.717) is 50.5 Å². The Morgan fingerprint density at radius 3 is 2.41 bits per heavy atom. The molecule has 2 aliphatic heterocycles. The molecule has 3 heterocycles. The van der Waals surface area contributed by atoms with E-state index in [-0.39, 0.29) is 29.6 Å². The van der Waals surface area contributed by atoms with Gasteiger partial charge in [-0.1, -0.05) is 12.1 Å². The van der Waals surface area contributed by atoms with Gasteiger partial charge >= 0.3 is 6.03 Å². The zero-order valence-electron chi connectivity index (χ0n) is 19.2. The number of amides is 4. The lowest BCUT2D eigenvalue weighted by Crippen LogP contribution is -2.58. The number of imide groups is 1. The monoisotopic (exact) mass is 465 g/mol. The van der Waals surface area contributed by atoms with Crippen molar-refractivity contribution in [3.8, 4) is 0 Å². The molecular formula is C25H28FN5O3. The third-order valence-electron chi connectivity index (χ3n) is 7.21. The number of aryl methyl sites for hydroxylation is 1. The quantitative estimate of drug-likeness (QED) is 0.662. The van der Waals surface area contributed by atoms with Crippen molar-refractivity contribution in [3.63, 3.8) is 0 Å². The Hall–Kier alpha value is -3.36. The Balaban J connectivity index is 1.36. The summed E-state index contributed by atoms with van der Waals surface area (Å²) in [5, 5.41) is 3.03. The Kier molecular flexibility index (Phi) is 5.79. The molecule has 8 nitrogen and oxygen atoms in total. The van der Waals surface area contributed by atoms with Crippen LogP contribution in [0.25, 0.3) is 0 Å². The molecule has 34 heavy (non-hydrogen) atoms. The van der Waals surface area contributed by atoms with Crippen LogP contribution >= 0.6 is 0 Å². The molecule has 178 valence electrons. The number of rotatable bonds is 6. The fourth-order valence-electron chi connectivity index (χ4n) is 5.07. The number of nitrogens with zero attached hydrogens (tertiary/aromatic N) is 4. The first kappa shape index (κ1) is 22.4. The summed E-state index contributed by atoms with van der Waals surface area (Å²) in [6, 6.07) is 5.71. The molecule has 0 radical (unpaired) electrons. The predicted molar refractivity (Wildman–Crippen MR) is 121 cm³/mol. The van der Waals surface area contributed by atoms with Crippen LogP contribution in [0.15, 0.2) is 36.7 Å². The molecule has 1 aromatic heterocycles. The second-order valence-corrected chi connectivity index (χ2v) is 9.67. The number of benzene rings is 1. The number of piperidine rings is 1. The molecule has 1 saturated carbocycles. The van der Waals surface area contributed by atoms with Crippen molar-refractivity contribution in [1.29, 1.82) is 0 Å². The number of nitrogens with one attached hydrogen (secondary N) is 1. The normalized spacial score (nSPS) is 23.4. The summed E-state index contributed by atoms with van der Waals surface area (Å²) in [5.41, 5.74) is 0.731. The van der Waals surface area contributed by atoms with Crippen molar-refractivity contribution >= 4 is 17.8 Å². The highest BCUT2D eigenvalue weighted by Crippen LogP contribution is 2.39. The van der Waals surface area contributed by atoms with Crippen molar-refractivity contribution in [2.24, 2.45) is 11.8 Å². The Bertz CT molecular complexity index is 1090. The lowest BCUT2D eigenvalue weighted by Gasteiger charge is -2.41. The van der Waals surface area contributed by atoms with Crippen molar-refractivity contribution in [1.82, 2.24) is 25.1 Å². The average molecular weight is 466 g/mol. The van der Waals surface area contributed by atoms with Crippen LogP contribution in [0.4, 0.5) is 9.18 Å². The molecule has 0 unspecified atom stereocenters. The maximum absolute atomic E-state index is 13.7. The van der Waals surface area contributed by atoms with E-state index in [4.69, 9.17) is 0 Å². The SMILES string of the molecule is Cc1cnc(C(=O)N2CCC([C@@]3(Cc4ccc(F)cc4)NC(=O)N(CC4CC4)C3=O)CC2)cn1. The summed E-state index contributed by atoms with van der Waals surface area (Å²) in [6.07, 6.45) is 6.54. The van der Waals surface area contributed by atoms with Gasteiger partial charge in [-0.3, -0.25) is 19.5 Å². The second-order valence-electron chi connectivity index (χ2n) is 9.67. The zero-order chi connectivity index (χ0) is 23.9. The number of carbonyl (C=O) groups excluding carboxylic acids is 3. The molecule has 0 bridgehead atoms. The summed E-state index contributed by atoms with van der Waals surface area (Å²) in [6.45, 7) is 3.16. The van der Waals surface area contributed by atoms with Crippen LogP contribution in [0.2, 0.25) is 0 Å². The summed E-state index contributed by atoms with van der Waals surface area (Å²) in [7, 11) is 0. The van der Waals surface area contributed by atoms with Crippen molar-refractivity contribution in [2.75, 3.05) is 19.6 Å². The maximum atomic E-state index is 13.7. The number of hydrogen-bond donors (Lipinski definition) is 1. The molecule has 3 fully saturated rings. The van der Waals surface area contributed by atoms with Gasteiger partial charge in [0.05, 0.1) is 11.9 Å². The lowest BCUT2D eigenvalue weighted by molar-refractivity contribution is -0.134. The first-order valence-corrected chi connectivity index (χ1v) is 11.8. The van der Waals surface area contributed by atoms with E-state index in [1.165, 1.54) is 23.2 Å². The molecule has 1 N–H and O–H groups in total. The highest BCUT2D eigenvalue weighted by atomic mass is 19.1. The Labute approximate surface area is 197 Å². The molecular weight excluding hydrogens is 437 g/mol. The van der Waals surface area contributed by atoms with Gasteiger partial charge < -0.3 is 10.2 Å². The minimum Gasteiger partial charge on any atom is -0.337 e. The number of urea groups is 1. The smallest absolute Gasteiger partial charge is 0.325 e. The molecule has 1 atom stereocenters. The Morgan fingerprint density at radius 2 is 1.79 bits per heavy atom. The standard InChI is InChI=1S/C25H28FN5O3/c1-16-13-28-21(14-27-16)22(32)30-10-8-19(9-11-30)25(12-17-4-6-20(26)7-5-17)23(33)31(24(34)29-25)15-18-2-3-18/h4-7,13-14,18-19H,2-3,8-12,15H2,1H3,(H,29,34)/t25-/m1/s1. The largest absolute Gasteiger partial charge is 0.337 e. The highest BCUT2D eigenvalue weighted by Gasteiger charge is 2.56. The number of hydrogen-bond acceptors (Lipinski definition) is 5. The van der Waals surface area contributed by atoms with E-state index < -0.39 is 5.54 Å². The molecule has 1 aromatic carbocycles. The van der Waals surface area contributed by atoms with Gasteiger partial charge in [-0.05, 0) is 62.1 Å². The zero-order valence-corrected chi connectivity index (χ0v) is 19.2. The van der Waals surface area contributed by atoms with E-state index in [1.807, 2.05) is 6.92 Å². The minimum absolute atomic E-state index is 0.147. The molecule has 4 amide bonds. The average Bonchev–Trinajstić information content (AvgIpc) is 3.63. The maximum Gasteiger partial charge on any atom is 0.325 e. The summed E-state index contributed by atoms with van der Waals surface area (Å²) < 4.78 is 13.5. The molecule has 2 aromatic rings. The Morgan fingerprint density at radius 1 is 1.09 bits per heavy atom. The fourth-order valence-corrected chi connectivity index (χ4v) is 5.07. The first-order valence-electron chi connectivity index (χ1n) is 11.8. The van der Waals surface area contributed by atoms with Gasteiger partial charge in [0.1, 0.15) is 17.1 Å². The van der Waals surface area contributed by atoms with Crippen molar-refractivity contribution < 1.29 is 18.8 Å². The molecule has 5 rings (SSSR count). The summed E-state index contributed by atoms with van der Waals surface area (Å²) >= 11 is 0. The van der Waals surface area contributed by atoms with Crippen LogP contribution in [0.3, 0.4) is 0 Å². The second kappa shape index (κ2) is 8.77. The van der Waals surface area contributed by atoms with E-state index in [9.17, 15) is 18.8 Å². The third-order valence-corrected chi connectivity index (χ3v) is 7.21. The topological polar surface area (TPSA) is 95.5 Å². The van der Waals surface area contributed by atoms with Crippen LogP contribution in [0.1, 0.15) is 47.4 Å². The van der Waals surface area contributed by atoms with Crippen LogP contribution in [-0.4, -0.2) is 62.8 Å². The van der Waals surface area contributed by atoms with E-state index >= 15 is 0 Å². The predicted octanol–water partition coefficient (Wildman–Crippen LogP) is 2.72. The molecule has 2 saturated heterocycles. The summed E-state index contributed by atoms with van der Waals surface area (Å²) in [5.74, 6) is -0.502. The molecule has 9 heteroatoms. The number of halogens is 1. The van der Waals surface area contributed by atoms with Gasteiger partial charge in [0, 0.05) is 32.3 Å². The van der Waals surface area contributed by atoms with Gasteiger partial charge in [-0.25, -0.2) is 14.2 Å². The summed E-state index contributed by atoms with van der Waals surface area (Å²) in [4.78, 5) is 50.9. The first-order chi connectivity index (χ1) is 16.4. The van der Waals surface area contributed by atoms with Crippen molar-refractivity contribution in [2.45, 2.75) is 44.6 Å². The van der Waals surface area contributed by atoms with Gasteiger partial charge in [0.25, 0.3) is 11.8 Å². The van der Waals surface area contributed by atoms with Gasteiger partial charge in [-0.2, -0.15) is 0 Å². The van der Waals surface area contributed by atoms with E-state index in [0.717, 1.165) is 24.1 Å². The number of aromatic nitrogens is 2. The highest BCUT2D eigenvalue weighted by molar-refractivity contribution is 6.07. The number of likely N-dealkylation sites (tertiary alicyclic amines) is 1. The molecule has 1 aliphatic carbocycles. The van der Waals surface area contributed by atoms with Crippen LogP contribution < -0.4 is 5.32 Å². The van der Waals surface area contributed by atoms with E-state index in [1.54, 1.807) is 23.2 Å². The third kappa shape index (κ3) is 4.26. The van der Waals surface area contributed by atoms with Crippen molar-refractivity contribution in [3.05, 3.63) is 59.4 Å². The van der Waals surface area contributed by atoms with Gasteiger partial charge in [0.15, 0.2) is 0 Å². The van der Waals surface area contributed by atoms with Crippen LogP contribution in [0.5, 0.6) is 0 Å². The lowest BCUT2D eigenvalue weighted by atomic mass is 9.74. The van der Waals surface area contributed by atoms with Gasteiger partial charge in [-0.15, -0.1) is 0 Å². The number of carbonyl (C=O) groups is 3. The van der Waals surface area contributed by atoms with Gasteiger partial charge in [0.2, 0.25) is 0 Å².